The van der Waals surface area contributed by atoms with Gasteiger partial charge in [0, 0.05) is 10.2 Å². The third-order valence-corrected chi connectivity index (χ3v) is 3.97. The van der Waals surface area contributed by atoms with Crippen LogP contribution in [0.1, 0.15) is 12.0 Å². The van der Waals surface area contributed by atoms with Crippen molar-refractivity contribution in [3.63, 3.8) is 0 Å². The molecule has 0 saturated heterocycles. The molecule has 0 heterocycles. The SMILES string of the molecule is NC(CCSCc1cc(F)ccc1Br)C(=O)O. The number of hydrogen-bond donors (Lipinski definition) is 2. The van der Waals surface area contributed by atoms with Gasteiger partial charge in [0.05, 0.1) is 0 Å². The molecule has 0 fully saturated rings. The van der Waals surface area contributed by atoms with Gasteiger partial charge in [-0.25, -0.2) is 4.39 Å². The van der Waals surface area contributed by atoms with Crippen LogP contribution in [-0.4, -0.2) is 22.9 Å². The lowest BCUT2D eigenvalue weighted by Crippen LogP contribution is -2.30. The minimum atomic E-state index is -0.988. The highest BCUT2D eigenvalue weighted by atomic mass is 79.9. The van der Waals surface area contributed by atoms with Crippen LogP contribution in [0.4, 0.5) is 4.39 Å². The normalized spacial score (nSPS) is 12.4. The van der Waals surface area contributed by atoms with Gasteiger partial charge < -0.3 is 10.8 Å². The lowest BCUT2D eigenvalue weighted by molar-refractivity contribution is -0.138. The molecule has 1 aromatic rings. The van der Waals surface area contributed by atoms with Gasteiger partial charge in [0.15, 0.2) is 0 Å². The first-order valence-electron chi connectivity index (χ1n) is 5.00. The number of aliphatic carboxylic acids is 1. The van der Waals surface area contributed by atoms with Crippen LogP contribution in [0.3, 0.4) is 0 Å². The lowest BCUT2D eigenvalue weighted by Gasteiger charge is -2.07. The minimum absolute atomic E-state index is 0.272. The largest absolute Gasteiger partial charge is 0.480 e. The van der Waals surface area contributed by atoms with Gasteiger partial charge in [-0.3, -0.25) is 4.79 Å². The zero-order valence-corrected chi connectivity index (χ0v) is 11.4. The van der Waals surface area contributed by atoms with E-state index >= 15 is 0 Å². The Kier molecular flexibility index (Phi) is 5.94. The standard InChI is InChI=1S/C11H13BrFNO2S/c12-9-2-1-8(13)5-7(9)6-17-4-3-10(14)11(15)16/h1-2,5,10H,3-4,6,14H2,(H,15,16). The third kappa shape index (κ3) is 5.06. The molecule has 0 radical (unpaired) electrons. The average Bonchev–Trinajstić information content (AvgIpc) is 2.28. The molecular formula is C11H13BrFNO2S. The molecule has 0 aliphatic carbocycles. The Bertz CT molecular complexity index is 403. The van der Waals surface area contributed by atoms with E-state index in [9.17, 15) is 9.18 Å². The van der Waals surface area contributed by atoms with E-state index in [0.717, 1.165) is 10.0 Å². The Balaban J connectivity index is 2.36. The van der Waals surface area contributed by atoms with E-state index in [0.29, 0.717) is 17.9 Å². The summed E-state index contributed by atoms with van der Waals surface area (Å²) in [6.07, 6.45) is 0.410. The van der Waals surface area contributed by atoms with Gasteiger partial charge in [-0.05, 0) is 35.9 Å². The van der Waals surface area contributed by atoms with Gasteiger partial charge in [0.2, 0.25) is 0 Å². The number of carboxylic acid groups (broad SMARTS) is 1. The number of halogens is 2. The summed E-state index contributed by atoms with van der Waals surface area (Å²) < 4.78 is 13.8. The van der Waals surface area contributed by atoms with E-state index < -0.39 is 12.0 Å². The Hall–Kier alpha value is -0.590. The van der Waals surface area contributed by atoms with Crippen LogP contribution in [0.15, 0.2) is 22.7 Å². The Morgan fingerprint density at radius 1 is 1.59 bits per heavy atom. The molecule has 3 nitrogen and oxygen atoms in total. The molecule has 1 unspecified atom stereocenters. The molecule has 0 aliphatic rings. The fourth-order valence-corrected chi connectivity index (χ4v) is 2.77. The molecule has 1 atom stereocenters. The minimum Gasteiger partial charge on any atom is -0.480 e. The second kappa shape index (κ2) is 6.98. The first-order chi connectivity index (χ1) is 8.00. The maximum Gasteiger partial charge on any atom is 0.320 e. The molecule has 6 heteroatoms. The van der Waals surface area contributed by atoms with E-state index in [4.69, 9.17) is 10.8 Å². The molecule has 0 bridgehead atoms. The van der Waals surface area contributed by atoms with Crippen molar-refractivity contribution in [1.82, 2.24) is 0 Å². The van der Waals surface area contributed by atoms with E-state index in [2.05, 4.69) is 15.9 Å². The molecule has 0 aromatic heterocycles. The van der Waals surface area contributed by atoms with Crippen molar-refractivity contribution in [1.29, 1.82) is 0 Å². The Morgan fingerprint density at radius 3 is 2.94 bits per heavy atom. The van der Waals surface area contributed by atoms with Gasteiger partial charge in [-0.2, -0.15) is 11.8 Å². The summed E-state index contributed by atoms with van der Waals surface area (Å²) in [6.45, 7) is 0. The van der Waals surface area contributed by atoms with Crippen LogP contribution in [0, 0.1) is 5.82 Å². The van der Waals surface area contributed by atoms with Gasteiger partial charge in [-0.15, -0.1) is 0 Å². The quantitative estimate of drug-likeness (QED) is 0.790. The highest BCUT2D eigenvalue weighted by Crippen LogP contribution is 2.23. The monoisotopic (exact) mass is 321 g/mol. The lowest BCUT2D eigenvalue weighted by atomic mass is 10.2. The highest BCUT2D eigenvalue weighted by molar-refractivity contribution is 9.10. The van der Waals surface area contributed by atoms with Gasteiger partial charge in [0.1, 0.15) is 11.9 Å². The smallest absolute Gasteiger partial charge is 0.320 e. The van der Waals surface area contributed by atoms with E-state index in [1.165, 1.54) is 23.9 Å². The summed E-state index contributed by atoms with van der Waals surface area (Å²) >= 11 is 4.87. The number of thioether (sulfide) groups is 1. The number of carbonyl (C=O) groups is 1. The molecule has 0 amide bonds. The topological polar surface area (TPSA) is 63.3 Å². The summed E-state index contributed by atoms with van der Waals surface area (Å²) in [5.74, 6) is 0.00440. The molecule has 0 aliphatic heterocycles. The Labute approximate surface area is 112 Å². The third-order valence-electron chi connectivity index (χ3n) is 2.16. The zero-order chi connectivity index (χ0) is 12.8. The molecule has 1 rings (SSSR count). The summed E-state index contributed by atoms with van der Waals surface area (Å²) in [4.78, 5) is 10.5. The summed E-state index contributed by atoms with van der Waals surface area (Å²) in [6, 6.07) is 3.69. The predicted octanol–water partition coefficient (Wildman–Crippen LogP) is 2.62. The summed E-state index contributed by atoms with van der Waals surface area (Å²) in [7, 11) is 0. The Morgan fingerprint density at radius 2 is 2.29 bits per heavy atom. The van der Waals surface area contributed by atoms with Gasteiger partial charge in [0.25, 0.3) is 0 Å². The number of hydrogen-bond acceptors (Lipinski definition) is 3. The number of rotatable bonds is 6. The molecule has 17 heavy (non-hydrogen) atoms. The number of carboxylic acids is 1. The van der Waals surface area contributed by atoms with Crippen LogP contribution in [-0.2, 0) is 10.5 Å². The number of nitrogens with two attached hydrogens (primary N) is 1. The van der Waals surface area contributed by atoms with E-state index in [-0.39, 0.29) is 5.82 Å². The maximum absolute atomic E-state index is 13.0. The van der Waals surface area contributed by atoms with Crippen molar-refractivity contribution >= 4 is 33.7 Å². The van der Waals surface area contributed by atoms with Crippen LogP contribution in [0.25, 0.3) is 0 Å². The maximum atomic E-state index is 13.0. The zero-order valence-electron chi connectivity index (χ0n) is 9.03. The van der Waals surface area contributed by atoms with Gasteiger partial charge in [-0.1, -0.05) is 15.9 Å². The van der Waals surface area contributed by atoms with Crippen LogP contribution >= 0.6 is 27.7 Å². The van der Waals surface area contributed by atoms with Crippen molar-refractivity contribution in [3.05, 3.63) is 34.1 Å². The van der Waals surface area contributed by atoms with E-state index in [1.807, 2.05) is 0 Å². The first-order valence-corrected chi connectivity index (χ1v) is 6.95. The van der Waals surface area contributed by atoms with Crippen molar-refractivity contribution in [3.8, 4) is 0 Å². The fraction of sp³-hybridized carbons (Fsp3) is 0.364. The molecular weight excluding hydrogens is 309 g/mol. The molecule has 0 saturated carbocycles. The second-order valence-electron chi connectivity index (χ2n) is 3.52. The molecule has 1 aromatic carbocycles. The molecule has 94 valence electrons. The first kappa shape index (κ1) is 14.5. The summed E-state index contributed by atoms with van der Waals surface area (Å²) in [5.41, 5.74) is 6.23. The van der Waals surface area contributed by atoms with Crippen LogP contribution in [0.2, 0.25) is 0 Å². The predicted molar refractivity (Wildman–Crippen MR) is 70.5 cm³/mol. The van der Waals surface area contributed by atoms with Crippen LogP contribution < -0.4 is 5.73 Å². The summed E-state index contributed by atoms with van der Waals surface area (Å²) in [5, 5.41) is 8.59. The molecule has 0 spiro atoms. The number of benzene rings is 1. The molecule has 3 N–H and O–H groups in total. The highest BCUT2D eigenvalue weighted by Gasteiger charge is 2.10. The van der Waals surface area contributed by atoms with E-state index in [1.54, 1.807) is 6.07 Å². The second-order valence-corrected chi connectivity index (χ2v) is 5.48. The fourth-order valence-electron chi connectivity index (χ4n) is 1.17. The van der Waals surface area contributed by atoms with Gasteiger partial charge >= 0.3 is 5.97 Å². The van der Waals surface area contributed by atoms with Crippen molar-refractivity contribution in [2.24, 2.45) is 5.73 Å². The van der Waals surface area contributed by atoms with Crippen molar-refractivity contribution < 1.29 is 14.3 Å². The van der Waals surface area contributed by atoms with Crippen molar-refractivity contribution in [2.75, 3.05) is 5.75 Å². The van der Waals surface area contributed by atoms with Crippen LogP contribution in [0.5, 0.6) is 0 Å². The average molecular weight is 322 g/mol. The van der Waals surface area contributed by atoms with Crippen molar-refractivity contribution in [2.45, 2.75) is 18.2 Å².